The first-order valence-corrected chi connectivity index (χ1v) is 5.14. The van der Waals surface area contributed by atoms with Crippen LogP contribution in [0.25, 0.3) is 10.9 Å². The summed E-state index contributed by atoms with van der Waals surface area (Å²) in [7, 11) is 0. The van der Waals surface area contributed by atoms with Crippen LogP contribution in [0.2, 0.25) is 0 Å². The average Bonchev–Trinajstić information content (AvgIpc) is 2.19. The Morgan fingerprint density at radius 1 is 1.44 bits per heavy atom. The zero-order valence-corrected chi connectivity index (χ0v) is 9.54. The van der Waals surface area contributed by atoms with Crippen molar-refractivity contribution in [2.24, 2.45) is 0 Å². The van der Waals surface area contributed by atoms with Crippen molar-refractivity contribution in [2.75, 3.05) is 5.73 Å². The summed E-state index contributed by atoms with van der Waals surface area (Å²) in [5, 5.41) is 9.42. The Morgan fingerprint density at radius 3 is 2.75 bits per heavy atom. The number of nitrogens with one attached hydrogen (secondary N) is 1. The van der Waals surface area contributed by atoms with E-state index in [0.717, 1.165) is 4.47 Å². The van der Waals surface area contributed by atoms with E-state index in [4.69, 9.17) is 10.8 Å². The molecule has 0 aliphatic heterocycles. The lowest BCUT2D eigenvalue weighted by atomic mass is 10.1. The van der Waals surface area contributed by atoms with Gasteiger partial charge in [0.2, 0.25) is 0 Å². The van der Waals surface area contributed by atoms with Gasteiger partial charge in [-0.3, -0.25) is 4.79 Å². The first-order valence-electron chi connectivity index (χ1n) is 4.35. The van der Waals surface area contributed by atoms with Gasteiger partial charge < -0.3 is 15.8 Å². The second-order valence-corrected chi connectivity index (χ2v) is 4.15. The number of pyridine rings is 1. The van der Waals surface area contributed by atoms with Crippen LogP contribution in [0.1, 0.15) is 10.4 Å². The maximum atomic E-state index is 11.4. The molecule has 0 saturated carbocycles. The number of fused-ring (bicyclic) bond motifs is 1. The highest BCUT2D eigenvalue weighted by Gasteiger charge is 2.15. The van der Waals surface area contributed by atoms with Crippen molar-refractivity contribution in [1.29, 1.82) is 0 Å². The topological polar surface area (TPSA) is 96.2 Å². The molecule has 4 N–H and O–H groups in total. The molecule has 1 heterocycles. The van der Waals surface area contributed by atoms with Gasteiger partial charge in [0.15, 0.2) is 0 Å². The van der Waals surface area contributed by atoms with Crippen molar-refractivity contribution in [3.63, 3.8) is 0 Å². The summed E-state index contributed by atoms with van der Waals surface area (Å²) in [5.41, 5.74) is 4.86. The zero-order chi connectivity index (χ0) is 11.9. The third kappa shape index (κ3) is 1.57. The molecule has 0 saturated heterocycles. The summed E-state index contributed by atoms with van der Waals surface area (Å²) in [4.78, 5) is 25.0. The number of carboxylic acids is 1. The number of nitrogens with two attached hydrogens (primary N) is 1. The molecule has 0 aliphatic carbocycles. The van der Waals surface area contributed by atoms with Gasteiger partial charge in [-0.2, -0.15) is 0 Å². The standard InChI is InChI=1S/C10H7BrN2O3/c11-4-1-2-5-6(3-4)13-9(14)8(12)7(5)10(15)16/h1-3H,12H2,(H,13,14)(H,15,16). The lowest BCUT2D eigenvalue weighted by Gasteiger charge is -2.05. The second kappa shape index (κ2) is 3.64. The van der Waals surface area contributed by atoms with Crippen LogP contribution in [0.4, 0.5) is 5.69 Å². The van der Waals surface area contributed by atoms with E-state index in [1.54, 1.807) is 18.2 Å². The largest absolute Gasteiger partial charge is 0.478 e. The molecule has 0 aliphatic rings. The molecule has 82 valence electrons. The molecule has 0 fully saturated rings. The van der Waals surface area contributed by atoms with Gasteiger partial charge >= 0.3 is 5.97 Å². The maximum absolute atomic E-state index is 11.4. The molecule has 6 heteroatoms. The summed E-state index contributed by atoms with van der Waals surface area (Å²) in [6, 6.07) is 4.91. The van der Waals surface area contributed by atoms with Gasteiger partial charge in [0.25, 0.3) is 5.56 Å². The number of nitrogen functional groups attached to an aromatic ring is 1. The van der Waals surface area contributed by atoms with Crippen molar-refractivity contribution < 1.29 is 9.90 Å². The Hall–Kier alpha value is -1.82. The van der Waals surface area contributed by atoms with Crippen LogP contribution in [0.15, 0.2) is 27.5 Å². The quantitative estimate of drug-likeness (QED) is 0.740. The van der Waals surface area contributed by atoms with Crippen LogP contribution in [0.3, 0.4) is 0 Å². The van der Waals surface area contributed by atoms with E-state index in [0.29, 0.717) is 10.9 Å². The van der Waals surface area contributed by atoms with Gasteiger partial charge in [-0.1, -0.05) is 22.0 Å². The maximum Gasteiger partial charge on any atom is 0.338 e. The van der Waals surface area contributed by atoms with Gasteiger partial charge in [-0.05, 0) is 12.1 Å². The minimum absolute atomic E-state index is 0.161. The Bertz CT molecular complexity index is 648. The predicted octanol–water partition coefficient (Wildman–Crippen LogP) is 1.57. The predicted molar refractivity (Wildman–Crippen MR) is 63.6 cm³/mol. The molecule has 2 rings (SSSR count). The van der Waals surface area contributed by atoms with Crippen molar-refractivity contribution in [3.8, 4) is 0 Å². The fourth-order valence-electron chi connectivity index (χ4n) is 1.52. The van der Waals surface area contributed by atoms with E-state index < -0.39 is 11.5 Å². The number of anilines is 1. The number of aromatic amines is 1. The van der Waals surface area contributed by atoms with E-state index in [2.05, 4.69) is 20.9 Å². The van der Waals surface area contributed by atoms with Crippen LogP contribution < -0.4 is 11.3 Å². The highest BCUT2D eigenvalue weighted by atomic mass is 79.9. The zero-order valence-electron chi connectivity index (χ0n) is 7.95. The highest BCUT2D eigenvalue weighted by Crippen LogP contribution is 2.22. The number of benzene rings is 1. The molecule has 0 radical (unpaired) electrons. The molecule has 0 spiro atoms. The Kier molecular flexibility index (Phi) is 2.43. The molecule has 2 aromatic rings. The molecule has 16 heavy (non-hydrogen) atoms. The number of carboxylic acid groups (broad SMARTS) is 1. The van der Waals surface area contributed by atoms with Crippen LogP contribution in [-0.2, 0) is 0 Å². The van der Waals surface area contributed by atoms with Crippen LogP contribution >= 0.6 is 15.9 Å². The van der Waals surface area contributed by atoms with E-state index in [1.165, 1.54) is 0 Å². The van der Waals surface area contributed by atoms with Crippen molar-refractivity contribution >= 4 is 38.5 Å². The molecule has 0 unspecified atom stereocenters. The normalized spacial score (nSPS) is 10.6. The summed E-state index contributed by atoms with van der Waals surface area (Å²) in [6.45, 7) is 0. The third-order valence-electron chi connectivity index (χ3n) is 2.23. The first kappa shape index (κ1) is 10.7. The molecule has 1 aromatic carbocycles. The monoisotopic (exact) mass is 282 g/mol. The van der Waals surface area contributed by atoms with Crippen LogP contribution in [0, 0.1) is 0 Å². The van der Waals surface area contributed by atoms with Gasteiger partial charge in [0.05, 0.1) is 11.1 Å². The highest BCUT2D eigenvalue weighted by molar-refractivity contribution is 9.10. The number of aromatic nitrogens is 1. The number of H-pyrrole nitrogens is 1. The number of hydrogen-bond donors (Lipinski definition) is 3. The Morgan fingerprint density at radius 2 is 2.12 bits per heavy atom. The molecule has 0 atom stereocenters. The van der Waals surface area contributed by atoms with Crippen molar-refractivity contribution in [3.05, 3.63) is 38.6 Å². The molecule has 0 amide bonds. The van der Waals surface area contributed by atoms with E-state index in [9.17, 15) is 9.59 Å². The molecular weight excluding hydrogens is 276 g/mol. The second-order valence-electron chi connectivity index (χ2n) is 3.24. The Labute approximate surface area is 98.0 Å². The molecule has 5 nitrogen and oxygen atoms in total. The lowest BCUT2D eigenvalue weighted by Crippen LogP contribution is -2.17. The van der Waals surface area contributed by atoms with E-state index >= 15 is 0 Å². The molecule has 1 aromatic heterocycles. The van der Waals surface area contributed by atoms with Crippen LogP contribution in [0.5, 0.6) is 0 Å². The summed E-state index contributed by atoms with van der Waals surface area (Å²) >= 11 is 3.24. The van der Waals surface area contributed by atoms with E-state index in [1.807, 2.05) is 0 Å². The Balaban J connectivity index is 3.00. The number of halogens is 1. The smallest absolute Gasteiger partial charge is 0.338 e. The number of hydrogen-bond acceptors (Lipinski definition) is 3. The van der Waals surface area contributed by atoms with Gasteiger partial charge in [-0.25, -0.2) is 4.79 Å². The molecule has 0 bridgehead atoms. The summed E-state index contributed by atoms with van der Waals surface area (Å²) < 4.78 is 0.747. The van der Waals surface area contributed by atoms with Crippen molar-refractivity contribution in [1.82, 2.24) is 4.98 Å². The number of carbonyl (C=O) groups is 1. The fraction of sp³-hybridized carbons (Fsp3) is 0. The minimum atomic E-state index is -1.21. The summed E-state index contributed by atoms with van der Waals surface area (Å²) in [6.07, 6.45) is 0. The number of aromatic carboxylic acids is 1. The fourth-order valence-corrected chi connectivity index (χ4v) is 1.88. The first-order chi connectivity index (χ1) is 7.50. The van der Waals surface area contributed by atoms with Crippen LogP contribution in [-0.4, -0.2) is 16.1 Å². The number of rotatable bonds is 1. The third-order valence-corrected chi connectivity index (χ3v) is 2.72. The van der Waals surface area contributed by atoms with Gasteiger partial charge in [0, 0.05) is 9.86 Å². The minimum Gasteiger partial charge on any atom is -0.478 e. The summed E-state index contributed by atoms with van der Waals surface area (Å²) in [5.74, 6) is -1.21. The molecular formula is C10H7BrN2O3. The lowest BCUT2D eigenvalue weighted by molar-refractivity contribution is 0.0700. The van der Waals surface area contributed by atoms with E-state index in [-0.39, 0.29) is 11.3 Å². The van der Waals surface area contributed by atoms with Gasteiger partial charge in [-0.15, -0.1) is 0 Å². The SMILES string of the molecule is Nc1c(C(=O)O)c2ccc(Br)cc2[nH]c1=O. The average molecular weight is 283 g/mol. The van der Waals surface area contributed by atoms with Gasteiger partial charge in [0.1, 0.15) is 5.69 Å². The van der Waals surface area contributed by atoms with Crippen molar-refractivity contribution in [2.45, 2.75) is 0 Å².